The molecule has 2 rings (SSSR count). The van der Waals surface area contributed by atoms with E-state index in [2.05, 4.69) is 10.3 Å². The van der Waals surface area contributed by atoms with Gasteiger partial charge in [-0.05, 0) is 31.4 Å². The average molecular weight is 327 g/mol. The number of nitrogens with zero attached hydrogens (tertiary/aromatic N) is 2. The summed E-state index contributed by atoms with van der Waals surface area (Å²) in [5, 5.41) is 3.13. The van der Waals surface area contributed by atoms with Gasteiger partial charge in [0.15, 0.2) is 0 Å². The number of nitrogens with one attached hydrogen (secondary N) is 1. The number of esters is 1. The second kappa shape index (κ2) is 7.06. The minimum absolute atomic E-state index is 0.201. The van der Waals surface area contributed by atoms with Crippen LogP contribution in [0.1, 0.15) is 23.7 Å². The first-order chi connectivity index (χ1) is 10.4. The van der Waals surface area contributed by atoms with Crippen molar-refractivity contribution in [3.05, 3.63) is 23.9 Å². The summed E-state index contributed by atoms with van der Waals surface area (Å²) < 4.78 is 29.5. The molecule has 1 saturated heterocycles. The molecular weight excluding hydrogens is 306 g/mol. The van der Waals surface area contributed by atoms with E-state index in [1.54, 1.807) is 25.3 Å². The van der Waals surface area contributed by atoms with Crippen LogP contribution in [0.25, 0.3) is 0 Å². The first-order valence-electron chi connectivity index (χ1n) is 7.23. The van der Waals surface area contributed by atoms with E-state index in [0.717, 1.165) is 6.42 Å². The quantitative estimate of drug-likeness (QED) is 0.783. The number of carbonyl (C=O) groups excluding carboxylic acids is 1. The van der Waals surface area contributed by atoms with E-state index in [-0.39, 0.29) is 5.92 Å². The molecule has 7 nitrogen and oxygen atoms in total. The molecule has 1 aromatic rings. The Kier molecular flexibility index (Phi) is 5.36. The maximum Gasteiger partial charge on any atom is 0.341 e. The molecule has 0 spiro atoms. The Morgan fingerprint density at radius 1 is 1.55 bits per heavy atom. The molecule has 1 aliphatic heterocycles. The van der Waals surface area contributed by atoms with Crippen molar-refractivity contribution in [2.45, 2.75) is 13.3 Å². The van der Waals surface area contributed by atoms with E-state index in [1.807, 2.05) is 0 Å². The Balaban J connectivity index is 1.97. The third-order valence-electron chi connectivity index (χ3n) is 3.58. The Morgan fingerprint density at radius 2 is 2.32 bits per heavy atom. The minimum Gasteiger partial charge on any atom is -0.462 e. The fourth-order valence-electron chi connectivity index (χ4n) is 2.43. The van der Waals surface area contributed by atoms with Gasteiger partial charge in [0.2, 0.25) is 10.0 Å². The van der Waals surface area contributed by atoms with Gasteiger partial charge in [0.1, 0.15) is 11.4 Å². The van der Waals surface area contributed by atoms with Crippen LogP contribution in [-0.2, 0) is 14.8 Å². The van der Waals surface area contributed by atoms with Crippen molar-refractivity contribution < 1.29 is 17.9 Å². The number of aromatic nitrogens is 1. The summed E-state index contributed by atoms with van der Waals surface area (Å²) in [6.45, 7) is 3.65. The van der Waals surface area contributed by atoms with Crippen LogP contribution in [0.15, 0.2) is 18.3 Å². The van der Waals surface area contributed by atoms with Gasteiger partial charge in [-0.3, -0.25) is 0 Å². The van der Waals surface area contributed by atoms with Crippen LogP contribution >= 0.6 is 0 Å². The molecule has 0 aliphatic carbocycles. The van der Waals surface area contributed by atoms with Gasteiger partial charge in [0, 0.05) is 25.8 Å². The second-order valence-electron chi connectivity index (χ2n) is 5.28. The summed E-state index contributed by atoms with van der Waals surface area (Å²) in [7, 11) is -3.13. The lowest BCUT2D eigenvalue weighted by Crippen LogP contribution is -2.28. The van der Waals surface area contributed by atoms with Gasteiger partial charge in [-0.15, -0.1) is 0 Å². The second-order valence-corrected chi connectivity index (χ2v) is 7.26. The molecule has 0 bridgehead atoms. The van der Waals surface area contributed by atoms with Crippen LogP contribution in [0.2, 0.25) is 0 Å². The van der Waals surface area contributed by atoms with Gasteiger partial charge in [-0.2, -0.15) is 0 Å². The molecule has 0 amide bonds. The smallest absolute Gasteiger partial charge is 0.341 e. The van der Waals surface area contributed by atoms with Crippen LogP contribution in [0.4, 0.5) is 5.82 Å². The first-order valence-corrected chi connectivity index (χ1v) is 9.07. The number of pyridine rings is 1. The average Bonchev–Trinajstić information content (AvgIpc) is 2.94. The first kappa shape index (κ1) is 16.7. The highest BCUT2D eigenvalue weighted by Gasteiger charge is 2.28. The van der Waals surface area contributed by atoms with Crippen molar-refractivity contribution in [2.24, 2.45) is 5.92 Å². The van der Waals surface area contributed by atoms with E-state index in [0.29, 0.717) is 37.6 Å². The highest BCUT2D eigenvalue weighted by atomic mass is 32.2. The largest absolute Gasteiger partial charge is 0.462 e. The molecule has 22 heavy (non-hydrogen) atoms. The number of carbonyl (C=O) groups is 1. The Labute approximate surface area is 130 Å². The predicted molar refractivity (Wildman–Crippen MR) is 83.2 cm³/mol. The molecular formula is C14H21N3O4S. The molecule has 1 atom stereocenters. The Bertz CT molecular complexity index is 633. The lowest BCUT2D eigenvalue weighted by atomic mass is 10.1. The van der Waals surface area contributed by atoms with Crippen LogP contribution in [0.5, 0.6) is 0 Å². The number of hydrogen-bond acceptors (Lipinski definition) is 6. The molecule has 0 saturated carbocycles. The number of hydrogen-bond donors (Lipinski definition) is 1. The highest BCUT2D eigenvalue weighted by Crippen LogP contribution is 2.20. The van der Waals surface area contributed by atoms with Crippen LogP contribution in [-0.4, -0.2) is 56.2 Å². The van der Waals surface area contributed by atoms with Gasteiger partial charge in [0.25, 0.3) is 0 Å². The van der Waals surface area contributed by atoms with Gasteiger partial charge in [0.05, 0.1) is 12.9 Å². The molecule has 0 radical (unpaired) electrons. The van der Waals surface area contributed by atoms with Gasteiger partial charge in [-0.25, -0.2) is 22.5 Å². The van der Waals surface area contributed by atoms with Gasteiger partial charge >= 0.3 is 5.97 Å². The normalized spacial score (nSPS) is 19.1. The van der Waals surface area contributed by atoms with E-state index >= 15 is 0 Å². The third kappa shape index (κ3) is 4.17. The lowest BCUT2D eigenvalue weighted by molar-refractivity contribution is 0.0527. The lowest BCUT2D eigenvalue weighted by Gasteiger charge is -2.15. The van der Waals surface area contributed by atoms with Crippen molar-refractivity contribution >= 4 is 21.8 Å². The molecule has 122 valence electrons. The maximum absolute atomic E-state index is 11.9. The van der Waals surface area contributed by atoms with Crippen molar-refractivity contribution in [3.63, 3.8) is 0 Å². The molecule has 0 unspecified atom stereocenters. The molecule has 1 aromatic heterocycles. The van der Waals surface area contributed by atoms with E-state index < -0.39 is 16.0 Å². The van der Waals surface area contributed by atoms with Gasteiger partial charge in [-0.1, -0.05) is 0 Å². The maximum atomic E-state index is 11.9. The standard InChI is InChI=1S/C14H21N3O4S/c1-3-21-14(18)12-5-4-7-15-13(12)16-9-11-6-8-17(10-11)22(2,19)20/h4-5,7,11H,3,6,8-10H2,1-2H3,(H,15,16)/t11-/m0/s1. The van der Waals surface area contributed by atoms with Crippen molar-refractivity contribution in [1.82, 2.24) is 9.29 Å². The van der Waals surface area contributed by atoms with Crippen molar-refractivity contribution in [3.8, 4) is 0 Å². The monoisotopic (exact) mass is 327 g/mol. The summed E-state index contributed by atoms with van der Waals surface area (Å²) >= 11 is 0. The number of anilines is 1. The third-order valence-corrected chi connectivity index (χ3v) is 4.85. The molecule has 1 fully saturated rings. The Morgan fingerprint density at radius 3 is 2.95 bits per heavy atom. The zero-order chi connectivity index (χ0) is 16.2. The summed E-state index contributed by atoms with van der Waals surface area (Å²) in [5.74, 6) is 0.257. The molecule has 2 heterocycles. The zero-order valence-corrected chi connectivity index (χ0v) is 13.6. The summed E-state index contributed by atoms with van der Waals surface area (Å²) in [5.41, 5.74) is 0.391. The van der Waals surface area contributed by atoms with Crippen LogP contribution in [0, 0.1) is 5.92 Å². The fourth-order valence-corrected chi connectivity index (χ4v) is 3.34. The highest BCUT2D eigenvalue weighted by molar-refractivity contribution is 7.88. The predicted octanol–water partition coefficient (Wildman–Crippen LogP) is 0.952. The van der Waals surface area contributed by atoms with Crippen LogP contribution < -0.4 is 5.32 Å². The minimum atomic E-state index is -3.13. The molecule has 1 N–H and O–H groups in total. The summed E-state index contributed by atoms with van der Waals surface area (Å²) in [4.78, 5) is 16.0. The summed E-state index contributed by atoms with van der Waals surface area (Å²) in [6, 6.07) is 3.34. The SMILES string of the molecule is CCOC(=O)c1cccnc1NC[C@@H]1CCN(S(C)(=O)=O)C1. The van der Waals surface area contributed by atoms with Crippen LogP contribution in [0.3, 0.4) is 0 Å². The molecule has 1 aliphatic rings. The van der Waals surface area contributed by atoms with Gasteiger partial charge < -0.3 is 10.1 Å². The molecule has 8 heteroatoms. The van der Waals surface area contributed by atoms with E-state index in [9.17, 15) is 13.2 Å². The van der Waals surface area contributed by atoms with E-state index in [4.69, 9.17) is 4.74 Å². The number of rotatable bonds is 6. The van der Waals surface area contributed by atoms with Crippen molar-refractivity contribution in [2.75, 3.05) is 37.8 Å². The Hall–Kier alpha value is -1.67. The van der Waals surface area contributed by atoms with E-state index in [1.165, 1.54) is 10.6 Å². The van der Waals surface area contributed by atoms with Crippen molar-refractivity contribution in [1.29, 1.82) is 0 Å². The number of sulfonamides is 1. The molecule has 0 aromatic carbocycles. The fraction of sp³-hybridized carbons (Fsp3) is 0.571. The zero-order valence-electron chi connectivity index (χ0n) is 12.8. The number of ether oxygens (including phenoxy) is 1. The summed E-state index contributed by atoms with van der Waals surface area (Å²) in [6.07, 6.45) is 3.62. The topological polar surface area (TPSA) is 88.6 Å².